The minimum Gasteiger partial charge on any atom is -0.489 e. The fourth-order valence-corrected chi connectivity index (χ4v) is 6.03. The van der Waals surface area contributed by atoms with Crippen molar-refractivity contribution in [2.75, 3.05) is 26.3 Å². The molecular weight excluding hydrogens is 615 g/mol. The van der Waals surface area contributed by atoms with Gasteiger partial charge in [-0.2, -0.15) is 0 Å². The lowest BCUT2D eigenvalue weighted by atomic mass is 10.1. The molecule has 0 aliphatic carbocycles. The van der Waals surface area contributed by atoms with E-state index in [1.807, 2.05) is 50.5 Å². The van der Waals surface area contributed by atoms with Crippen LogP contribution in [0.3, 0.4) is 0 Å². The standard InChI is InChI=1S/C30H32Cl2N4O6S/c1-17(41-24-13-25(43-27(24)28(33)37)36-16-34-21-12-18(31)8-9-22(21)36)20-6-5-7-23(26(20)32)40-15-19-14-35(10-11-39-19)29(38)42-30(2,3)4/h5-9,12-13,16-17,19H,10-11,14-15H2,1-4H3,(H2,33,37)/t17-,19?/m1/s1. The van der Waals surface area contributed by atoms with Gasteiger partial charge >= 0.3 is 6.09 Å². The second-order valence-corrected chi connectivity index (χ2v) is 12.9. The Morgan fingerprint density at radius 1 is 1.19 bits per heavy atom. The van der Waals surface area contributed by atoms with E-state index in [0.717, 1.165) is 11.0 Å². The molecule has 1 saturated heterocycles. The smallest absolute Gasteiger partial charge is 0.410 e. The van der Waals surface area contributed by atoms with E-state index in [9.17, 15) is 9.59 Å². The van der Waals surface area contributed by atoms with Gasteiger partial charge in [0.25, 0.3) is 5.91 Å². The van der Waals surface area contributed by atoms with E-state index >= 15 is 0 Å². The molecule has 2 aromatic heterocycles. The van der Waals surface area contributed by atoms with Crippen molar-refractivity contribution in [3.63, 3.8) is 0 Å². The molecule has 43 heavy (non-hydrogen) atoms. The van der Waals surface area contributed by atoms with Gasteiger partial charge in [-0.15, -0.1) is 11.3 Å². The van der Waals surface area contributed by atoms with Crippen molar-refractivity contribution in [1.82, 2.24) is 14.5 Å². The van der Waals surface area contributed by atoms with E-state index in [-0.39, 0.29) is 23.7 Å². The van der Waals surface area contributed by atoms with Crippen LogP contribution in [0.5, 0.6) is 11.5 Å². The van der Waals surface area contributed by atoms with Crippen molar-refractivity contribution in [2.45, 2.75) is 45.5 Å². The molecule has 1 aliphatic rings. The summed E-state index contributed by atoms with van der Waals surface area (Å²) in [7, 11) is 0. The Kier molecular flexibility index (Phi) is 9.07. The predicted octanol–water partition coefficient (Wildman–Crippen LogP) is 6.65. The molecule has 2 amide bonds. The third-order valence-electron chi connectivity index (χ3n) is 6.61. The van der Waals surface area contributed by atoms with Crippen LogP contribution < -0.4 is 15.2 Å². The number of carbonyl (C=O) groups excluding carboxylic acids is 2. The molecule has 5 rings (SSSR count). The summed E-state index contributed by atoms with van der Waals surface area (Å²) in [6.45, 7) is 8.65. The van der Waals surface area contributed by atoms with Crippen LogP contribution in [-0.4, -0.2) is 64.5 Å². The minimum absolute atomic E-state index is 0.182. The Bertz CT molecular complexity index is 1650. The normalized spacial score (nSPS) is 16.2. The van der Waals surface area contributed by atoms with Gasteiger partial charge in [0.05, 0.1) is 29.2 Å². The number of morpholine rings is 1. The highest BCUT2D eigenvalue weighted by Crippen LogP contribution is 2.39. The first-order valence-electron chi connectivity index (χ1n) is 13.6. The number of halogens is 2. The van der Waals surface area contributed by atoms with Gasteiger partial charge in [0.1, 0.15) is 52.1 Å². The molecule has 0 radical (unpaired) electrons. The Morgan fingerprint density at radius 3 is 2.72 bits per heavy atom. The van der Waals surface area contributed by atoms with E-state index < -0.39 is 17.6 Å². The SMILES string of the molecule is C[C@@H](Oc1cc(-n2cnc3cc(Cl)ccc32)sc1C(N)=O)c1cccc(OCC2CN(C(=O)OC(C)(C)C)CCO2)c1Cl. The number of ether oxygens (including phenoxy) is 4. The van der Waals surface area contributed by atoms with E-state index in [4.69, 9.17) is 47.9 Å². The number of nitrogens with zero attached hydrogens (tertiary/aromatic N) is 3. The number of fused-ring (bicyclic) bond motifs is 1. The summed E-state index contributed by atoms with van der Waals surface area (Å²) in [4.78, 5) is 31.1. The van der Waals surface area contributed by atoms with Gasteiger partial charge in [0, 0.05) is 23.2 Å². The second kappa shape index (κ2) is 12.6. The van der Waals surface area contributed by atoms with E-state index in [0.29, 0.717) is 51.8 Å². The van der Waals surface area contributed by atoms with Gasteiger partial charge in [0.2, 0.25) is 0 Å². The lowest BCUT2D eigenvalue weighted by molar-refractivity contribution is -0.0557. The van der Waals surface area contributed by atoms with Crippen LogP contribution in [-0.2, 0) is 9.47 Å². The molecule has 0 spiro atoms. The maximum Gasteiger partial charge on any atom is 0.410 e. The molecule has 1 aliphatic heterocycles. The first-order valence-corrected chi connectivity index (χ1v) is 15.2. The molecule has 1 unspecified atom stereocenters. The van der Waals surface area contributed by atoms with Crippen LogP contribution in [0.25, 0.3) is 16.0 Å². The quantitative estimate of drug-likeness (QED) is 0.228. The Balaban J connectivity index is 1.29. The zero-order valence-corrected chi connectivity index (χ0v) is 26.5. The van der Waals surface area contributed by atoms with Crippen molar-refractivity contribution < 1.29 is 28.5 Å². The average Bonchev–Trinajstić information content (AvgIpc) is 3.55. The third kappa shape index (κ3) is 7.18. The molecule has 228 valence electrons. The zero-order chi connectivity index (χ0) is 30.9. The van der Waals surface area contributed by atoms with E-state index in [1.54, 1.807) is 35.5 Å². The van der Waals surface area contributed by atoms with Crippen LogP contribution in [0, 0.1) is 0 Å². The minimum atomic E-state index is -0.609. The predicted molar refractivity (Wildman–Crippen MR) is 166 cm³/mol. The molecular formula is C30H32Cl2N4O6S. The summed E-state index contributed by atoms with van der Waals surface area (Å²) in [5, 5.41) is 1.65. The van der Waals surface area contributed by atoms with Crippen molar-refractivity contribution in [2.24, 2.45) is 5.73 Å². The van der Waals surface area contributed by atoms with Gasteiger partial charge in [0.15, 0.2) is 0 Å². The van der Waals surface area contributed by atoms with Crippen molar-refractivity contribution in [3.8, 4) is 16.5 Å². The lowest BCUT2D eigenvalue weighted by Crippen LogP contribution is -2.49. The number of rotatable bonds is 8. The van der Waals surface area contributed by atoms with Crippen LogP contribution >= 0.6 is 34.5 Å². The fraction of sp³-hybridized carbons (Fsp3) is 0.367. The largest absolute Gasteiger partial charge is 0.489 e. The number of thiophene rings is 1. The Morgan fingerprint density at radius 2 is 1.98 bits per heavy atom. The van der Waals surface area contributed by atoms with Crippen LogP contribution in [0.1, 0.15) is 49.0 Å². The molecule has 1 fully saturated rings. The van der Waals surface area contributed by atoms with Crippen molar-refractivity contribution >= 4 is 57.6 Å². The molecule has 2 N–H and O–H groups in total. The van der Waals surface area contributed by atoms with E-state index in [2.05, 4.69) is 4.98 Å². The van der Waals surface area contributed by atoms with Gasteiger partial charge < -0.3 is 29.6 Å². The highest BCUT2D eigenvalue weighted by atomic mass is 35.5. The topological polar surface area (TPSA) is 118 Å². The average molecular weight is 648 g/mol. The summed E-state index contributed by atoms with van der Waals surface area (Å²) in [6, 6.07) is 12.5. The maximum atomic E-state index is 12.5. The maximum absolute atomic E-state index is 12.5. The lowest BCUT2D eigenvalue weighted by Gasteiger charge is -2.34. The summed E-state index contributed by atoms with van der Waals surface area (Å²) in [5.74, 6) is 0.162. The van der Waals surface area contributed by atoms with Crippen LogP contribution in [0.4, 0.5) is 4.79 Å². The Hall–Kier alpha value is -3.51. The van der Waals surface area contributed by atoms with Gasteiger partial charge in [-0.05, 0) is 52.0 Å². The first kappa shape index (κ1) is 30.9. The number of carbonyl (C=O) groups is 2. The van der Waals surface area contributed by atoms with Gasteiger partial charge in [-0.1, -0.05) is 35.3 Å². The summed E-state index contributed by atoms with van der Waals surface area (Å²) < 4.78 is 25.4. The zero-order valence-electron chi connectivity index (χ0n) is 24.1. The number of imidazole rings is 1. The number of nitrogens with two attached hydrogens (primary N) is 1. The molecule has 0 saturated carbocycles. The van der Waals surface area contributed by atoms with Crippen LogP contribution in [0.2, 0.25) is 10.0 Å². The number of primary amides is 1. The van der Waals surface area contributed by atoms with Crippen LogP contribution in [0.15, 0.2) is 48.8 Å². The summed E-state index contributed by atoms with van der Waals surface area (Å²) in [6.07, 6.45) is 0.366. The molecule has 10 nitrogen and oxygen atoms in total. The number of amides is 2. The summed E-state index contributed by atoms with van der Waals surface area (Å²) >= 11 is 14.1. The molecule has 2 aromatic carbocycles. The van der Waals surface area contributed by atoms with Gasteiger partial charge in [-0.25, -0.2) is 9.78 Å². The highest BCUT2D eigenvalue weighted by molar-refractivity contribution is 7.16. The van der Waals surface area contributed by atoms with Crippen molar-refractivity contribution in [1.29, 1.82) is 0 Å². The Labute approximate surface area is 263 Å². The molecule has 2 atom stereocenters. The molecule has 3 heterocycles. The van der Waals surface area contributed by atoms with Gasteiger partial charge in [-0.3, -0.25) is 9.36 Å². The monoisotopic (exact) mass is 646 g/mol. The molecule has 0 bridgehead atoms. The molecule has 4 aromatic rings. The fourth-order valence-electron chi connectivity index (χ4n) is 4.60. The second-order valence-electron chi connectivity index (χ2n) is 11.0. The third-order valence-corrected chi connectivity index (χ3v) is 8.38. The number of hydrogen-bond acceptors (Lipinski definition) is 8. The molecule has 13 heteroatoms. The number of aromatic nitrogens is 2. The summed E-state index contributed by atoms with van der Waals surface area (Å²) in [5.41, 5.74) is 7.33. The van der Waals surface area contributed by atoms with Crippen molar-refractivity contribution in [3.05, 3.63) is 69.3 Å². The highest BCUT2D eigenvalue weighted by Gasteiger charge is 2.29. The van der Waals surface area contributed by atoms with E-state index in [1.165, 1.54) is 11.3 Å². The number of hydrogen-bond donors (Lipinski definition) is 1. The first-order chi connectivity index (χ1) is 20.4. The number of benzene rings is 2.